The summed E-state index contributed by atoms with van der Waals surface area (Å²) in [5.41, 5.74) is 7.83. The second-order valence-electron chi connectivity index (χ2n) is 3.87. The van der Waals surface area contributed by atoms with Crippen LogP contribution in [0.5, 0.6) is 0 Å². The fourth-order valence-corrected chi connectivity index (χ4v) is 2.33. The lowest BCUT2D eigenvalue weighted by Crippen LogP contribution is -2.10. The Bertz CT molecular complexity index is 463. The fourth-order valence-electron chi connectivity index (χ4n) is 1.63. The van der Waals surface area contributed by atoms with E-state index >= 15 is 0 Å². The quantitative estimate of drug-likeness (QED) is 0.886. The largest absolute Gasteiger partial charge is 0.324 e. The van der Waals surface area contributed by atoms with Crippen molar-refractivity contribution in [1.82, 2.24) is 9.97 Å². The van der Waals surface area contributed by atoms with E-state index in [0.29, 0.717) is 0 Å². The number of nitrogens with two attached hydrogens (primary N) is 1. The molecule has 16 heavy (non-hydrogen) atoms. The van der Waals surface area contributed by atoms with Crippen LogP contribution in [0.3, 0.4) is 0 Å². The fraction of sp³-hybridized carbons (Fsp3) is 0.333. The van der Waals surface area contributed by atoms with Crippen LogP contribution < -0.4 is 5.73 Å². The van der Waals surface area contributed by atoms with Crippen molar-refractivity contribution < 1.29 is 0 Å². The van der Waals surface area contributed by atoms with Gasteiger partial charge in [-0.2, -0.15) is 0 Å². The minimum absolute atomic E-state index is 0.00390. The van der Waals surface area contributed by atoms with Gasteiger partial charge in [0, 0.05) is 34.8 Å². The van der Waals surface area contributed by atoms with E-state index in [1.165, 1.54) is 4.88 Å². The number of hydrogen-bond donors (Lipinski definition) is 1. The van der Waals surface area contributed by atoms with Crippen molar-refractivity contribution >= 4 is 11.3 Å². The molecule has 0 unspecified atom stereocenters. The number of hydrogen-bond acceptors (Lipinski definition) is 4. The Hall–Kier alpha value is -1.26. The summed E-state index contributed by atoms with van der Waals surface area (Å²) in [6.07, 6.45) is 2.65. The predicted molar refractivity (Wildman–Crippen MR) is 66.5 cm³/mol. The molecular weight excluding hydrogens is 218 g/mol. The lowest BCUT2D eigenvalue weighted by atomic mass is 10.1. The van der Waals surface area contributed by atoms with Crippen LogP contribution in [0.2, 0.25) is 0 Å². The number of aryl methyl sites for hydroxylation is 1. The Morgan fingerprint density at radius 1 is 1.50 bits per heavy atom. The summed E-state index contributed by atoms with van der Waals surface area (Å²) in [7, 11) is 0. The zero-order chi connectivity index (χ0) is 11.5. The maximum Gasteiger partial charge on any atom is 0.133 e. The first-order valence-electron chi connectivity index (χ1n) is 5.27. The molecule has 0 saturated carbocycles. The van der Waals surface area contributed by atoms with Crippen LogP contribution in [0.1, 0.15) is 34.9 Å². The Kier molecular flexibility index (Phi) is 3.31. The number of rotatable bonds is 3. The van der Waals surface area contributed by atoms with Gasteiger partial charge in [-0.25, -0.2) is 9.97 Å². The van der Waals surface area contributed by atoms with Gasteiger partial charge in [-0.3, -0.25) is 0 Å². The van der Waals surface area contributed by atoms with Crippen molar-refractivity contribution in [3.05, 3.63) is 45.7 Å². The summed E-state index contributed by atoms with van der Waals surface area (Å²) in [6.45, 7) is 3.93. The number of thiophene rings is 1. The Morgan fingerprint density at radius 3 is 2.88 bits per heavy atom. The maximum atomic E-state index is 5.82. The summed E-state index contributed by atoms with van der Waals surface area (Å²) < 4.78 is 0. The highest BCUT2D eigenvalue weighted by Gasteiger charge is 2.07. The van der Waals surface area contributed by atoms with E-state index in [4.69, 9.17) is 5.73 Å². The van der Waals surface area contributed by atoms with Gasteiger partial charge >= 0.3 is 0 Å². The molecule has 0 aliphatic carbocycles. The average Bonchev–Trinajstić information content (AvgIpc) is 2.70. The van der Waals surface area contributed by atoms with Crippen LogP contribution in [0, 0.1) is 6.92 Å². The maximum absolute atomic E-state index is 5.82. The van der Waals surface area contributed by atoms with Gasteiger partial charge < -0.3 is 5.73 Å². The summed E-state index contributed by atoms with van der Waals surface area (Å²) >= 11 is 1.73. The molecule has 3 nitrogen and oxygen atoms in total. The van der Waals surface area contributed by atoms with Gasteiger partial charge in [0.2, 0.25) is 0 Å². The molecule has 2 aromatic heterocycles. The van der Waals surface area contributed by atoms with Crippen LogP contribution in [0.4, 0.5) is 0 Å². The van der Waals surface area contributed by atoms with E-state index < -0.39 is 0 Å². The lowest BCUT2D eigenvalue weighted by Gasteiger charge is -2.09. The number of nitrogens with zero attached hydrogens (tertiary/aromatic N) is 2. The molecule has 0 radical (unpaired) electrons. The van der Waals surface area contributed by atoms with Gasteiger partial charge in [-0.15, -0.1) is 11.3 Å². The summed E-state index contributed by atoms with van der Waals surface area (Å²) in [4.78, 5) is 10.1. The first-order valence-corrected chi connectivity index (χ1v) is 6.15. The molecule has 2 rings (SSSR count). The Balaban J connectivity index is 2.21. The molecule has 0 aliphatic heterocycles. The zero-order valence-electron chi connectivity index (χ0n) is 9.47. The van der Waals surface area contributed by atoms with Crippen LogP contribution >= 0.6 is 11.3 Å². The SMILES string of the molecule is Cc1nc(Cc2cccs2)ncc1[C@@H](C)N. The summed E-state index contributed by atoms with van der Waals surface area (Å²) in [6, 6.07) is 4.14. The zero-order valence-corrected chi connectivity index (χ0v) is 10.3. The van der Waals surface area contributed by atoms with E-state index in [1.54, 1.807) is 11.3 Å². The van der Waals surface area contributed by atoms with Crippen molar-refractivity contribution in [3.8, 4) is 0 Å². The van der Waals surface area contributed by atoms with Crippen molar-refractivity contribution in [3.63, 3.8) is 0 Å². The van der Waals surface area contributed by atoms with Crippen LogP contribution in [-0.4, -0.2) is 9.97 Å². The molecule has 4 heteroatoms. The van der Waals surface area contributed by atoms with E-state index in [-0.39, 0.29) is 6.04 Å². The van der Waals surface area contributed by atoms with Crippen LogP contribution in [0.25, 0.3) is 0 Å². The molecule has 0 fully saturated rings. The monoisotopic (exact) mass is 233 g/mol. The highest BCUT2D eigenvalue weighted by atomic mass is 32.1. The molecule has 2 aromatic rings. The van der Waals surface area contributed by atoms with Gasteiger partial charge in [-0.05, 0) is 25.3 Å². The highest BCUT2D eigenvalue weighted by molar-refractivity contribution is 7.09. The molecule has 0 spiro atoms. The second kappa shape index (κ2) is 4.72. The molecule has 0 bridgehead atoms. The second-order valence-corrected chi connectivity index (χ2v) is 4.90. The lowest BCUT2D eigenvalue weighted by molar-refractivity contribution is 0.777. The van der Waals surface area contributed by atoms with Gasteiger partial charge in [0.25, 0.3) is 0 Å². The Labute approximate surface area is 99.4 Å². The van der Waals surface area contributed by atoms with Crippen molar-refractivity contribution in [2.45, 2.75) is 26.3 Å². The normalized spacial score (nSPS) is 12.7. The topological polar surface area (TPSA) is 51.8 Å². The van der Waals surface area contributed by atoms with Gasteiger partial charge in [0.15, 0.2) is 0 Å². The van der Waals surface area contributed by atoms with Crippen molar-refractivity contribution in [2.24, 2.45) is 5.73 Å². The van der Waals surface area contributed by atoms with E-state index in [1.807, 2.05) is 26.1 Å². The van der Waals surface area contributed by atoms with Gasteiger partial charge in [0.05, 0.1) is 0 Å². The van der Waals surface area contributed by atoms with Crippen LogP contribution in [-0.2, 0) is 6.42 Å². The third kappa shape index (κ3) is 2.46. The van der Waals surface area contributed by atoms with Crippen LogP contribution in [0.15, 0.2) is 23.7 Å². The molecule has 0 aromatic carbocycles. The first-order chi connectivity index (χ1) is 7.66. The number of aromatic nitrogens is 2. The smallest absolute Gasteiger partial charge is 0.133 e. The van der Waals surface area contributed by atoms with Gasteiger partial charge in [-0.1, -0.05) is 6.07 Å². The standard InChI is InChI=1S/C12H15N3S/c1-8(13)11-7-14-12(15-9(11)2)6-10-4-3-5-16-10/h3-5,7-8H,6,13H2,1-2H3/t8-/m1/s1. The molecule has 84 valence electrons. The molecule has 0 aliphatic rings. The molecule has 2 N–H and O–H groups in total. The first kappa shape index (κ1) is 11.2. The van der Waals surface area contributed by atoms with E-state index in [0.717, 1.165) is 23.5 Å². The minimum Gasteiger partial charge on any atom is -0.324 e. The average molecular weight is 233 g/mol. The van der Waals surface area contributed by atoms with Gasteiger partial charge in [0.1, 0.15) is 5.82 Å². The predicted octanol–water partition coefficient (Wildman–Crippen LogP) is 2.46. The Morgan fingerprint density at radius 2 is 2.31 bits per heavy atom. The summed E-state index contributed by atoms with van der Waals surface area (Å²) in [5.74, 6) is 0.865. The third-order valence-corrected chi connectivity index (χ3v) is 3.35. The summed E-state index contributed by atoms with van der Waals surface area (Å²) in [5, 5.41) is 2.07. The molecule has 2 heterocycles. The van der Waals surface area contributed by atoms with E-state index in [9.17, 15) is 0 Å². The molecular formula is C12H15N3S. The minimum atomic E-state index is -0.00390. The molecule has 1 atom stereocenters. The van der Waals surface area contributed by atoms with Crippen molar-refractivity contribution in [1.29, 1.82) is 0 Å². The molecule has 0 amide bonds. The van der Waals surface area contributed by atoms with E-state index in [2.05, 4.69) is 21.4 Å². The van der Waals surface area contributed by atoms with Crippen molar-refractivity contribution in [2.75, 3.05) is 0 Å². The molecule has 0 saturated heterocycles. The highest BCUT2D eigenvalue weighted by Crippen LogP contribution is 2.15. The third-order valence-electron chi connectivity index (χ3n) is 2.47.